The Morgan fingerprint density at radius 2 is 1.59 bits per heavy atom. The van der Waals surface area contributed by atoms with E-state index in [1.807, 2.05) is 61.5 Å². The molecule has 0 bridgehead atoms. The maximum absolute atomic E-state index is 13.2. The van der Waals surface area contributed by atoms with Crippen LogP contribution in [0.15, 0.2) is 90.0 Å². The Hall–Kier alpha value is -3.71. The summed E-state index contributed by atoms with van der Waals surface area (Å²) in [7, 11) is -3.29. The zero-order valence-electron chi connectivity index (χ0n) is 17.8. The van der Waals surface area contributed by atoms with E-state index < -0.39 is 9.84 Å². The lowest BCUT2D eigenvalue weighted by Gasteiger charge is -2.07. The van der Waals surface area contributed by atoms with E-state index in [1.54, 1.807) is 29.9 Å². The van der Waals surface area contributed by atoms with Gasteiger partial charge >= 0.3 is 0 Å². The lowest BCUT2D eigenvalue weighted by molar-refractivity contribution is 0.102. The van der Waals surface area contributed by atoms with Gasteiger partial charge in [-0.2, -0.15) is 5.10 Å². The maximum atomic E-state index is 13.2. The third-order valence-corrected chi connectivity index (χ3v) is 6.91. The van der Waals surface area contributed by atoms with Crippen LogP contribution in [0.3, 0.4) is 0 Å². The number of amides is 1. The van der Waals surface area contributed by atoms with Crippen molar-refractivity contribution in [3.05, 3.63) is 96.2 Å². The van der Waals surface area contributed by atoms with Crippen LogP contribution in [0.5, 0.6) is 0 Å². The number of sulfone groups is 1. The highest BCUT2D eigenvalue weighted by Gasteiger charge is 2.19. The highest BCUT2D eigenvalue weighted by molar-refractivity contribution is 7.91. The van der Waals surface area contributed by atoms with E-state index in [1.165, 1.54) is 12.1 Å². The lowest BCUT2D eigenvalue weighted by atomic mass is 10.1. The average Bonchev–Trinajstić information content (AvgIpc) is 3.26. The van der Waals surface area contributed by atoms with Gasteiger partial charge in [-0.25, -0.2) is 13.1 Å². The van der Waals surface area contributed by atoms with Gasteiger partial charge in [0.15, 0.2) is 9.84 Å². The molecule has 162 valence electrons. The van der Waals surface area contributed by atoms with E-state index in [0.717, 1.165) is 16.8 Å². The van der Waals surface area contributed by atoms with Crippen molar-refractivity contribution in [1.29, 1.82) is 0 Å². The topological polar surface area (TPSA) is 81.1 Å². The molecule has 7 heteroatoms. The molecule has 0 spiro atoms. The average molecular weight is 446 g/mol. The maximum Gasteiger partial charge on any atom is 0.259 e. The SMILES string of the molecule is CCS(=O)(=O)c1ccc(NC(=O)c2cn(-c3ccc(C)cc3)nc2-c2ccccc2)cc1. The minimum absolute atomic E-state index is 0.0251. The minimum atomic E-state index is -3.29. The van der Waals surface area contributed by atoms with Crippen molar-refractivity contribution in [3.63, 3.8) is 0 Å². The van der Waals surface area contributed by atoms with Gasteiger partial charge in [0, 0.05) is 17.4 Å². The lowest BCUT2D eigenvalue weighted by Crippen LogP contribution is -2.12. The highest BCUT2D eigenvalue weighted by atomic mass is 32.2. The Morgan fingerprint density at radius 1 is 0.938 bits per heavy atom. The van der Waals surface area contributed by atoms with E-state index in [4.69, 9.17) is 0 Å². The molecule has 0 radical (unpaired) electrons. The molecule has 1 heterocycles. The molecule has 6 nitrogen and oxygen atoms in total. The molecule has 3 aromatic carbocycles. The van der Waals surface area contributed by atoms with Gasteiger partial charge in [-0.05, 0) is 43.3 Å². The van der Waals surface area contributed by atoms with Gasteiger partial charge in [0.25, 0.3) is 5.91 Å². The summed E-state index contributed by atoms with van der Waals surface area (Å²) in [5.74, 6) is -0.301. The zero-order chi connectivity index (χ0) is 22.7. The molecule has 1 aromatic heterocycles. The Balaban J connectivity index is 1.68. The summed E-state index contributed by atoms with van der Waals surface area (Å²) in [4.78, 5) is 13.4. The van der Waals surface area contributed by atoms with Crippen LogP contribution in [0, 0.1) is 6.92 Å². The van der Waals surface area contributed by atoms with Crippen LogP contribution in [0.4, 0.5) is 5.69 Å². The smallest absolute Gasteiger partial charge is 0.259 e. The first-order valence-corrected chi connectivity index (χ1v) is 11.9. The largest absolute Gasteiger partial charge is 0.322 e. The molecule has 0 atom stereocenters. The van der Waals surface area contributed by atoms with Crippen LogP contribution in [0.25, 0.3) is 16.9 Å². The molecule has 32 heavy (non-hydrogen) atoms. The van der Waals surface area contributed by atoms with Crippen LogP contribution in [-0.4, -0.2) is 29.9 Å². The molecule has 1 N–H and O–H groups in total. The van der Waals surface area contributed by atoms with Crippen molar-refractivity contribution >= 4 is 21.4 Å². The second kappa shape index (κ2) is 8.80. The summed E-state index contributed by atoms with van der Waals surface area (Å²) in [5, 5.41) is 7.53. The van der Waals surface area contributed by atoms with E-state index in [0.29, 0.717) is 16.9 Å². The second-order valence-corrected chi connectivity index (χ2v) is 9.70. The zero-order valence-corrected chi connectivity index (χ0v) is 18.6. The fourth-order valence-corrected chi connectivity index (χ4v) is 4.17. The van der Waals surface area contributed by atoms with Crippen LogP contribution in [-0.2, 0) is 9.84 Å². The molecular formula is C25H23N3O3S. The quantitative estimate of drug-likeness (QED) is 0.458. The Kier molecular flexibility index (Phi) is 5.92. The van der Waals surface area contributed by atoms with E-state index in [2.05, 4.69) is 10.4 Å². The van der Waals surface area contributed by atoms with Crippen LogP contribution >= 0.6 is 0 Å². The Labute approximate surface area is 187 Å². The normalized spacial score (nSPS) is 11.3. The molecule has 0 unspecified atom stereocenters. The molecule has 1 amide bonds. The third-order valence-electron chi connectivity index (χ3n) is 5.16. The van der Waals surface area contributed by atoms with Gasteiger partial charge < -0.3 is 5.32 Å². The van der Waals surface area contributed by atoms with Crippen LogP contribution in [0.2, 0.25) is 0 Å². The minimum Gasteiger partial charge on any atom is -0.322 e. The molecular weight excluding hydrogens is 422 g/mol. The van der Waals surface area contributed by atoms with E-state index >= 15 is 0 Å². The van der Waals surface area contributed by atoms with Crippen LogP contribution in [0.1, 0.15) is 22.8 Å². The number of anilines is 1. The molecule has 0 aliphatic carbocycles. The van der Waals surface area contributed by atoms with Crippen molar-refractivity contribution in [2.75, 3.05) is 11.1 Å². The van der Waals surface area contributed by atoms with Gasteiger partial charge in [0.1, 0.15) is 5.69 Å². The van der Waals surface area contributed by atoms with Crippen molar-refractivity contribution in [2.24, 2.45) is 0 Å². The first-order chi connectivity index (χ1) is 15.4. The summed E-state index contributed by atoms with van der Waals surface area (Å²) in [6, 6.07) is 23.6. The van der Waals surface area contributed by atoms with Crippen molar-refractivity contribution < 1.29 is 13.2 Å². The number of hydrogen-bond donors (Lipinski definition) is 1. The van der Waals surface area contributed by atoms with Gasteiger partial charge in [-0.15, -0.1) is 0 Å². The molecule has 0 saturated carbocycles. The standard InChI is InChI=1S/C25H23N3O3S/c1-3-32(30,31)22-15-11-20(12-16-22)26-25(29)23-17-28(21-13-9-18(2)10-14-21)27-24(23)19-7-5-4-6-8-19/h4-17H,3H2,1-2H3,(H,26,29). The first kappa shape index (κ1) is 21.5. The Morgan fingerprint density at radius 3 is 2.22 bits per heavy atom. The Bertz CT molecular complexity index is 1340. The fourth-order valence-electron chi connectivity index (χ4n) is 3.29. The van der Waals surface area contributed by atoms with Crippen LogP contribution < -0.4 is 5.32 Å². The van der Waals surface area contributed by atoms with Gasteiger partial charge in [0.2, 0.25) is 0 Å². The molecule has 0 fully saturated rings. The molecule has 4 rings (SSSR count). The number of aryl methyl sites for hydroxylation is 1. The molecule has 0 aliphatic heterocycles. The van der Waals surface area contributed by atoms with Gasteiger partial charge in [-0.3, -0.25) is 4.79 Å². The predicted molar refractivity (Wildman–Crippen MR) is 126 cm³/mol. The summed E-state index contributed by atoms with van der Waals surface area (Å²) >= 11 is 0. The summed E-state index contributed by atoms with van der Waals surface area (Å²) in [5.41, 5.74) is 4.30. The number of aromatic nitrogens is 2. The van der Waals surface area contributed by atoms with E-state index in [9.17, 15) is 13.2 Å². The van der Waals surface area contributed by atoms with Crippen molar-refractivity contribution in [2.45, 2.75) is 18.7 Å². The second-order valence-electron chi connectivity index (χ2n) is 7.42. The molecule has 4 aromatic rings. The number of hydrogen-bond acceptors (Lipinski definition) is 4. The monoisotopic (exact) mass is 445 g/mol. The molecule has 0 aliphatic rings. The van der Waals surface area contributed by atoms with Crippen molar-refractivity contribution in [3.8, 4) is 16.9 Å². The number of benzene rings is 3. The number of carbonyl (C=O) groups is 1. The van der Waals surface area contributed by atoms with Gasteiger partial charge in [0.05, 0.1) is 21.9 Å². The fraction of sp³-hybridized carbons (Fsp3) is 0.120. The number of carbonyl (C=O) groups excluding carboxylic acids is 1. The first-order valence-electron chi connectivity index (χ1n) is 10.2. The summed E-state index contributed by atoms with van der Waals surface area (Å²) in [6.45, 7) is 3.61. The number of nitrogens with zero attached hydrogens (tertiary/aromatic N) is 2. The molecule has 0 saturated heterocycles. The van der Waals surface area contributed by atoms with Gasteiger partial charge in [-0.1, -0.05) is 55.0 Å². The van der Waals surface area contributed by atoms with E-state index in [-0.39, 0.29) is 16.6 Å². The third kappa shape index (κ3) is 4.48. The number of rotatable bonds is 6. The summed E-state index contributed by atoms with van der Waals surface area (Å²) in [6.07, 6.45) is 1.71. The number of nitrogens with one attached hydrogen (secondary N) is 1. The van der Waals surface area contributed by atoms with Crippen molar-refractivity contribution in [1.82, 2.24) is 9.78 Å². The predicted octanol–water partition coefficient (Wildman–Crippen LogP) is 4.89. The highest BCUT2D eigenvalue weighted by Crippen LogP contribution is 2.25. The summed E-state index contributed by atoms with van der Waals surface area (Å²) < 4.78 is 25.7.